The molecular weight excluding hydrogens is 185 g/mol. The Labute approximate surface area is 80.5 Å². The Balaban J connectivity index is 2.06. The Kier molecular flexibility index (Phi) is 2.41. The third kappa shape index (κ3) is 1.72. The van der Waals surface area contributed by atoms with Crippen molar-refractivity contribution in [3.63, 3.8) is 0 Å². The second kappa shape index (κ2) is 3.71. The van der Waals surface area contributed by atoms with Gasteiger partial charge in [0.2, 0.25) is 0 Å². The molecule has 74 valence electrons. The van der Waals surface area contributed by atoms with E-state index in [0.717, 1.165) is 19.3 Å². The van der Waals surface area contributed by atoms with Gasteiger partial charge >= 0.3 is 0 Å². The average molecular weight is 195 g/mol. The van der Waals surface area contributed by atoms with Crippen LogP contribution in [0.5, 0.6) is 0 Å². The second-order valence-electron chi connectivity index (χ2n) is 3.18. The Hall–Kier alpha value is -1.49. The molecule has 1 aromatic heterocycles. The van der Waals surface area contributed by atoms with Gasteiger partial charge in [0.15, 0.2) is 5.82 Å². The quantitative estimate of drug-likeness (QED) is 0.694. The molecular formula is C9H10FN3O. The van der Waals surface area contributed by atoms with E-state index >= 15 is 0 Å². The van der Waals surface area contributed by atoms with Gasteiger partial charge in [-0.1, -0.05) is 0 Å². The summed E-state index contributed by atoms with van der Waals surface area (Å²) in [6.07, 6.45) is 2.44. The molecule has 14 heavy (non-hydrogen) atoms. The fourth-order valence-electron chi connectivity index (χ4n) is 1.21. The van der Waals surface area contributed by atoms with Crippen LogP contribution >= 0.6 is 0 Å². The SMILES string of the molecule is O=C(NC1CNC1)c1ccncc1F. The molecule has 0 unspecified atom stereocenters. The van der Waals surface area contributed by atoms with E-state index in [1.54, 1.807) is 0 Å². The summed E-state index contributed by atoms with van der Waals surface area (Å²) in [5.41, 5.74) is 0.0481. The van der Waals surface area contributed by atoms with Crippen LogP contribution < -0.4 is 10.6 Å². The van der Waals surface area contributed by atoms with Crippen LogP contribution in [0.2, 0.25) is 0 Å². The molecule has 1 amide bonds. The van der Waals surface area contributed by atoms with Crippen molar-refractivity contribution in [2.45, 2.75) is 6.04 Å². The zero-order valence-electron chi connectivity index (χ0n) is 7.46. The number of carbonyl (C=O) groups excluding carboxylic acids is 1. The van der Waals surface area contributed by atoms with E-state index in [-0.39, 0.29) is 17.5 Å². The Morgan fingerprint density at radius 2 is 2.43 bits per heavy atom. The maximum absolute atomic E-state index is 13.1. The lowest BCUT2D eigenvalue weighted by Crippen LogP contribution is -2.57. The van der Waals surface area contributed by atoms with Gasteiger partial charge in [-0.3, -0.25) is 9.78 Å². The van der Waals surface area contributed by atoms with Crippen molar-refractivity contribution < 1.29 is 9.18 Å². The summed E-state index contributed by atoms with van der Waals surface area (Å²) in [5.74, 6) is -0.964. The van der Waals surface area contributed by atoms with Crippen LogP contribution in [0.15, 0.2) is 18.5 Å². The molecule has 1 aliphatic rings. The third-order valence-corrected chi connectivity index (χ3v) is 2.13. The molecule has 1 aromatic rings. The molecule has 0 aromatic carbocycles. The van der Waals surface area contributed by atoms with Crippen molar-refractivity contribution in [3.05, 3.63) is 29.8 Å². The molecule has 0 radical (unpaired) electrons. The largest absolute Gasteiger partial charge is 0.347 e. The van der Waals surface area contributed by atoms with Gasteiger partial charge in [-0.2, -0.15) is 0 Å². The first kappa shape index (κ1) is 9.08. The number of hydrogen-bond donors (Lipinski definition) is 2. The van der Waals surface area contributed by atoms with Crippen LogP contribution in [0, 0.1) is 5.82 Å². The summed E-state index contributed by atoms with van der Waals surface area (Å²) in [7, 11) is 0. The highest BCUT2D eigenvalue weighted by molar-refractivity contribution is 5.94. The van der Waals surface area contributed by atoms with E-state index < -0.39 is 5.82 Å². The molecule has 5 heteroatoms. The summed E-state index contributed by atoms with van der Waals surface area (Å²) in [4.78, 5) is 15.0. The van der Waals surface area contributed by atoms with Gasteiger partial charge in [-0.25, -0.2) is 4.39 Å². The van der Waals surface area contributed by atoms with Crippen molar-refractivity contribution >= 4 is 5.91 Å². The molecule has 1 aliphatic heterocycles. The van der Waals surface area contributed by atoms with E-state index in [1.807, 2.05) is 0 Å². The molecule has 4 nitrogen and oxygen atoms in total. The highest BCUT2D eigenvalue weighted by Gasteiger charge is 2.20. The molecule has 0 atom stereocenters. The van der Waals surface area contributed by atoms with Crippen LogP contribution in [0.25, 0.3) is 0 Å². The van der Waals surface area contributed by atoms with Crippen LogP contribution in [0.3, 0.4) is 0 Å². The standard InChI is InChI=1S/C9H10FN3O/c10-8-5-11-2-1-7(8)9(14)13-6-3-12-4-6/h1-2,5-6,12H,3-4H2,(H,13,14). The number of halogens is 1. The zero-order chi connectivity index (χ0) is 9.97. The first-order chi connectivity index (χ1) is 6.77. The Morgan fingerprint density at radius 3 is 3.00 bits per heavy atom. The number of pyridine rings is 1. The van der Waals surface area contributed by atoms with E-state index in [0.29, 0.717) is 0 Å². The van der Waals surface area contributed by atoms with Gasteiger partial charge in [-0.15, -0.1) is 0 Å². The van der Waals surface area contributed by atoms with Gasteiger partial charge in [0, 0.05) is 19.3 Å². The number of hydrogen-bond acceptors (Lipinski definition) is 3. The Bertz CT molecular complexity index is 352. The van der Waals surface area contributed by atoms with Crippen LogP contribution in [0.1, 0.15) is 10.4 Å². The first-order valence-electron chi connectivity index (χ1n) is 4.38. The fraction of sp³-hybridized carbons (Fsp3) is 0.333. The van der Waals surface area contributed by atoms with Gasteiger partial charge in [0.1, 0.15) is 0 Å². The van der Waals surface area contributed by atoms with Crippen LogP contribution in [-0.2, 0) is 0 Å². The van der Waals surface area contributed by atoms with Crippen molar-refractivity contribution in [2.24, 2.45) is 0 Å². The predicted molar refractivity (Wildman–Crippen MR) is 48.3 cm³/mol. The molecule has 2 rings (SSSR count). The maximum Gasteiger partial charge on any atom is 0.254 e. The summed E-state index contributed by atoms with van der Waals surface area (Å²) in [5, 5.41) is 5.72. The van der Waals surface area contributed by atoms with E-state index in [4.69, 9.17) is 0 Å². The van der Waals surface area contributed by atoms with Crippen LogP contribution in [-0.4, -0.2) is 30.0 Å². The summed E-state index contributed by atoms with van der Waals surface area (Å²) in [6.45, 7) is 1.50. The number of carbonyl (C=O) groups is 1. The van der Waals surface area contributed by atoms with Gasteiger partial charge in [0.25, 0.3) is 5.91 Å². The van der Waals surface area contributed by atoms with E-state index in [1.165, 1.54) is 12.3 Å². The minimum Gasteiger partial charge on any atom is -0.347 e. The lowest BCUT2D eigenvalue weighted by molar-refractivity contribution is 0.0919. The van der Waals surface area contributed by atoms with E-state index in [9.17, 15) is 9.18 Å². The molecule has 0 saturated carbocycles. The van der Waals surface area contributed by atoms with Gasteiger partial charge < -0.3 is 10.6 Å². The average Bonchev–Trinajstić information content (AvgIpc) is 2.12. The minimum absolute atomic E-state index is 0.0481. The Morgan fingerprint density at radius 1 is 1.64 bits per heavy atom. The number of nitrogens with zero attached hydrogens (tertiary/aromatic N) is 1. The van der Waals surface area contributed by atoms with Crippen LogP contribution in [0.4, 0.5) is 4.39 Å². The summed E-state index contributed by atoms with van der Waals surface area (Å²) >= 11 is 0. The monoisotopic (exact) mass is 195 g/mol. The van der Waals surface area contributed by atoms with Gasteiger partial charge in [-0.05, 0) is 6.07 Å². The number of aromatic nitrogens is 1. The number of amides is 1. The molecule has 0 aliphatic carbocycles. The summed E-state index contributed by atoms with van der Waals surface area (Å²) < 4.78 is 13.1. The third-order valence-electron chi connectivity index (χ3n) is 2.13. The van der Waals surface area contributed by atoms with Crippen molar-refractivity contribution in [1.82, 2.24) is 15.6 Å². The highest BCUT2D eigenvalue weighted by Crippen LogP contribution is 2.05. The summed E-state index contributed by atoms with van der Waals surface area (Å²) in [6, 6.07) is 1.49. The van der Waals surface area contributed by atoms with Crippen molar-refractivity contribution in [1.29, 1.82) is 0 Å². The maximum atomic E-state index is 13.1. The number of rotatable bonds is 2. The predicted octanol–water partition coefficient (Wildman–Crippen LogP) is -0.0777. The minimum atomic E-state index is -0.586. The second-order valence-corrected chi connectivity index (χ2v) is 3.18. The molecule has 0 bridgehead atoms. The normalized spacial score (nSPS) is 16.1. The topological polar surface area (TPSA) is 54.0 Å². The molecule has 0 spiro atoms. The molecule has 2 N–H and O–H groups in total. The zero-order valence-corrected chi connectivity index (χ0v) is 7.46. The number of nitrogens with one attached hydrogen (secondary N) is 2. The first-order valence-corrected chi connectivity index (χ1v) is 4.38. The highest BCUT2D eigenvalue weighted by atomic mass is 19.1. The van der Waals surface area contributed by atoms with Crippen molar-refractivity contribution in [2.75, 3.05) is 13.1 Å². The lowest BCUT2D eigenvalue weighted by atomic mass is 10.1. The van der Waals surface area contributed by atoms with Crippen molar-refractivity contribution in [3.8, 4) is 0 Å². The molecule has 1 saturated heterocycles. The molecule has 1 fully saturated rings. The fourth-order valence-corrected chi connectivity index (χ4v) is 1.21. The van der Waals surface area contributed by atoms with Gasteiger partial charge in [0.05, 0.1) is 17.8 Å². The van der Waals surface area contributed by atoms with E-state index in [2.05, 4.69) is 15.6 Å². The molecule has 2 heterocycles. The smallest absolute Gasteiger partial charge is 0.254 e. The lowest BCUT2D eigenvalue weighted by Gasteiger charge is -2.27.